The molecule has 9 nitrogen and oxygen atoms in total. The third-order valence-corrected chi connectivity index (χ3v) is 6.88. The molecule has 0 aliphatic carbocycles. The SMILES string of the molecule is Cc1cc(C)cc(NC(=O)CN2C(=O)S/C(=C\c3cc(Br)ccc3OCc3ccc([N+](=O)[O-])cc3)C2=O)c1. The van der Waals surface area contributed by atoms with Gasteiger partial charge in [-0.2, -0.15) is 0 Å². The van der Waals surface area contributed by atoms with Gasteiger partial charge in [0.2, 0.25) is 5.91 Å². The summed E-state index contributed by atoms with van der Waals surface area (Å²) in [6.07, 6.45) is 1.54. The molecule has 38 heavy (non-hydrogen) atoms. The van der Waals surface area contributed by atoms with Crippen LogP contribution in [0.25, 0.3) is 6.08 Å². The van der Waals surface area contributed by atoms with Crippen LogP contribution in [-0.2, 0) is 16.2 Å². The summed E-state index contributed by atoms with van der Waals surface area (Å²) < 4.78 is 6.64. The van der Waals surface area contributed by atoms with Crippen LogP contribution in [0.15, 0.2) is 70.0 Å². The molecule has 0 atom stereocenters. The number of benzene rings is 3. The lowest BCUT2D eigenvalue weighted by atomic mass is 10.1. The van der Waals surface area contributed by atoms with Gasteiger partial charge in [-0.1, -0.05) is 22.0 Å². The zero-order valence-electron chi connectivity index (χ0n) is 20.4. The second-order valence-corrected chi connectivity index (χ2v) is 10.5. The number of rotatable bonds is 8. The van der Waals surface area contributed by atoms with Crippen LogP contribution in [-0.4, -0.2) is 33.4 Å². The zero-order chi connectivity index (χ0) is 27.4. The number of hydrogen-bond donors (Lipinski definition) is 1. The van der Waals surface area contributed by atoms with E-state index in [4.69, 9.17) is 4.74 Å². The number of carbonyl (C=O) groups excluding carboxylic acids is 3. The Morgan fingerprint density at radius 2 is 1.76 bits per heavy atom. The highest BCUT2D eigenvalue weighted by molar-refractivity contribution is 9.10. The number of hydrogen-bond acceptors (Lipinski definition) is 7. The number of nitro benzene ring substituents is 1. The molecule has 1 aliphatic heterocycles. The van der Waals surface area contributed by atoms with Crippen molar-refractivity contribution < 1.29 is 24.0 Å². The largest absolute Gasteiger partial charge is 0.488 e. The van der Waals surface area contributed by atoms with Crippen molar-refractivity contribution in [2.24, 2.45) is 0 Å². The molecule has 1 aliphatic rings. The van der Waals surface area contributed by atoms with Crippen molar-refractivity contribution >= 4 is 62.2 Å². The maximum Gasteiger partial charge on any atom is 0.294 e. The standard InChI is InChI=1S/C27H22BrN3O6S/c1-16-9-17(2)11-21(10-16)29-25(32)14-30-26(33)24(38-27(30)34)13-19-12-20(28)5-8-23(19)37-15-18-3-6-22(7-4-18)31(35)36/h3-13H,14-15H2,1-2H3,(H,29,32)/b24-13-. The molecule has 0 radical (unpaired) electrons. The Kier molecular flexibility index (Phi) is 8.28. The number of non-ortho nitro benzene ring substituents is 1. The van der Waals surface area contributed by atoms with Gasteiger partial charge in [-0.15, -0.1) is 0 Å². The summed E-state index contributed by atoms with van der Waals surface area (Å²) in [5.41, 5.74) is 3.81. The highest BCUT2D eigenvalue weighted by atomic mass is 79.9. The Balaban J connectivity index is 1.47. The number of nitrogens with zero attached hydrogens (tertiary/aromatic N) is 2. The number of aryl methyl sites for hydroxylation is 2. The number of halogens is 1. The van der Waals surface area contributed by atoms with E-state index in [1.165, 1.54) is 12.1 Å². The molecule has 3 aromatic rings. The summed E-state index contributed by atoms with van der Waals surface area (Å²) in [7, 11) is 0. The van der Waals surface area contributed by atoms with E-state index >= 15 is 0 Å². The fraction of sp³-hybridized carbons (Fsp3) is 0.148. The second kappa shape index (κ2) is 11.6. The van der Waals surface area contributed by atoms with Gasteiger partial charge in [0, 0.05) is 27.9 Å². The van der Waals surface area contributed by atoms with Crippen LogP contribution in [0.2, 0.25) is 0 Å². The summed E-state index contributed by atoms with van der Waals surface area (Å²) in [5, 5.41) is 13.1. The van der Waals surface area contributed by atoms with Crippen LogP contribution >= 0.6 is 27.7 Å². The molecule has 4 rings (SSSR count). The number of nitrogens with one attached hydrogen (secondary N) is 1. The molecule has 1 N–H and O–H groups in total. The molecule has 11 heteroatoms. The quantitative estimate of drug-likeness (QED) is 0.186. The minimum Gasteiger partial charge on any atom is -0.488 e. The first-order chi connectivity index (χ1) is 18.1. The fourth-order valence-electron chi connectivity index (χ4n) is 3.81. The third-order valence-electron chi connectivity index (χ3n) is 5.48. The van der Waals surface area contributed by atoms with E-state index in [1.54, 1.807) is 36.4 Å². The summed E-state index contributed by atoms with van der Waals surface area (Å²) in [4.78, 5) is 49.6. The van der Waals surface area contributed by atoms with Crippen molar-refractivity contribution in [3.8, 4) is 5.75 Å². The summed E-state index contributed by atoms with van der Waals surface area (Å²) in [6.45, 7) is 3.56. The number of imide groups is 1. The molecule has 3 aromatic carbocycles. The van der Waals surface area contributed by atoms with Gasteiger partial charge in [0.25, 0.3) is 16.8 Å². The molecule has 194 valence electrons. The monoisotopic (exact) mass is 595 g/mol. The molecule has 0 unspecified atom stereocenters. The first-order valence-electron chi connectivity index (χ1n) is 11.4. The second-order valence-electron chi connectivity index (χ2n) is 8.59. The van der Waals surface area contributed by atoms with Crippen molar-refractivity contribution in [1.29, 1.82) is 0 Å². The predicted molar refractivity (Wildman–Crippen MR) is 149 cm³/mol. The van der Waals surface area contributed by atoms with Gasteiger partial charge in [-0.25, -0.2) is 0 Å². The molecule has 0 bridgehead atoms. The lowest BCUT2D eigenvalue weighted by Gasteiger charge is -2.13. The molecule has 3 amide bonds. The topological polar surface area (TPSA) is 119 Å². The average Bonchev–Trinajstić information content (AvgIpc) is 3.10. The zero-order valence-corrected chi connectivity index (χ0v) is 22.8. The van der Waals surface area contributed by atoms with Gasteiger partial charge >= 0.3 is 0 Å². The average molecular weight is 596 g/mol. The van der Waals surface area contributed by atoms with Gasteiger partial charge in [0.15, 0.2) is 0 Å². The molecule has 0 aromatic heterocycles. The molecular weight excluding hydrogens is 574 g/mol. The Morgan fingerprint density at radius 3 is 2.42 bits per heavy atom. The van der Waals surface area contributed by atoms with Gasteiger partial charge in [-0.05, 0) is 90.8 Å². The summed E-state index contributed by atoms with van der Waals surface area (Å²) >= 11 is 4.15. The Hall–Kier alpha value is -3.96. The van der Waals surface area contributed by atoms with E-state index in [0.717, 1.165) is 37.8 Å². The molecular formula is C27H22BrN3O6S. The predicted octanol–water partition coefficient (Wildman–Crippen LogP) is 6.23. The maximum atomic E-state index is 13.0. The van der Waals surface area contributed by atoms with Crippen LogP contribution in [0.1, 0.15) is 22.3 Å². The van der Waals surface area contributed by atoms with E-state index in [2.05, 4.69) is 21.2 Å². The van der Waals surface area contributed by atoms with Gasteiger partial charge in [-0.3, -0.25) is 29.4 Å². The van der Waals surface area contributed by atoms with E-state index < -0.39 is 28.5 Å². The molecule has 0 spiro atoms. The minimum absolute atomic E-state index is 0.0171. The number of amides is 3. The third kappa shape index (κ3) is 6.67. The highest BCUT2D eigenvalue weighted by Gasteiger charge is 2.36. The van der Waals surface area contributed by atoms with E-state index in [-0.39, 0.29) is 17.2 Å². The van der Waals surface area contributed by atoms with Crippen molar-refractivity contribution in [2.75, 3.05) is 11.9 Å². The van der Waals surface area contributed by atoms with Gasteiger partial charge in [0.1, 0.15) is 18.9 Å². The number of thioether (sulfide) groups is 1. The smallest absolute Gasteiger partial charge is 0.294 e. The molecule has 0 saturated carbocycles. The van der Waals surface area contributed by atoms with Gasteiger partial charge in [0.05, 0.1) is 9.83 Å². The van der Waals surface area contributed by atoms with Crippen molar-refractivity contribution in [3.05, 3.63) is 102 Å². The fourth-order valence-corrected chi connectivity index (χ4v) is 5.02. The van der Waals surface area contributed by atoms with Crippen LogP contribution < -0.4 is 10.1 Å². The van der Waals surface area contributed by atoms with Crippen LogP contribution in [0.3, 0.4) is 0 Å². The first-order valence-corrected chi connectivity index (χ1v) is 13.0. The van der Waals surface area contributed by atoms with Crippen molar-refractivity contribution in [1.82, 2.24) is 4.90 Å². The number of nitro groups is 1. The first kappa shape index (κ1) is 27.1. The number of carbonyl (C=O) groups is 3. The number of ether oxygens (including phenoxy) is 1. The van der Waals surface area contributed by atoms with Crippen LogP contribution in [0.5, 0.6) is 5.75 Å². The Bertz CT molecular complexity index is 1450. The van der Waals surface area contributed by atoms with Crippen LogP contribution in [0, 0.1) is 24.0 Å². The van der Waals surface area contributed by atoms with Crippen molar-refractivity contribution in [2.45, 2.75) is 20.5 Å². The summed E-state index contributed by atoms with van der Waals surface area (Å²) in [6, 6.07) is 16.8. The lowest BCUT2D eigenvalue weighted by Crippen LogP contribution is -2.36. The van der Waals surface area contributed by atoms with E-state index in [0.29, 0.717) is 17.0 Å². The van der Waals surface area contributed by atoms with E-state index in [1.807, 2.05) is 32.0 Å². The Labute approximate surface area is 231 Å². The Morgan fingerprint density at radius 1 is 1.08 bits per heavy atom. The molecule has 1 fully saturated rings. The van der Waals surface area contributed by atoms with Crippen LogP contribution in [0.4, 0.5) is 16.2 Å². The highest BCUT2D eigenvalue weighted by Crippen LogP contribution is 2.35. The maximum absolute atomic E-state index is 13.0. The normalized spacial score (nSPS) is 14.2. The van der Waals surface area contributed by atoms with Gasteiger partial charge < -0.3 is 10.1 Å². The minimum atomic E-state index is -0.572. The number of anilines is 1. The molecule has 1 saturated heterocycles. The van der Waals surface area contributed by atoms with Crippen molar-refractivity contribution in [3.63, 3.8) is 0 Å². The summed E-state index contributed by atoms with van der Waals surface area (Å²) in [5.74, 6) is -0.601. The molecule has 1 heterocycles. The lowest BCUT2D eigenvalue weighted by molar-refractivity contribution is -0.384. The van der Waals surface area contributed by atoms with E-state index in [9.17, 15) is 24.5 Å².